The Morgan fingerprint density at radius 1 is 1.00 bits per heavy atom. The van der Waals surface area contributed by atoms with Gasteiger partial charge in [0, 0.05) is 11.6 Å². The molecule has 2 N–H and O–H groups in total. The molecular formula is C15H17NO. The average molecular weight is 227 g/mol. The molecule has 0 spiro atoms. The van der Waals surface area contributed by atoms with Crippen molar-refractivity contribution in [3.05, 3.63) is 65.7 Å². The Hall–Kier alpha value is -1.80. The fraction of sp³-hybridized carbons (Fsp3) is 0.200. The van der Waals surface area contributed by atoms with E-state index < -0.39 is 0 Å². The molecule has 0 aliphatic carbocycles. The van der Waals surface area contributed by atoms with Crippen molar-refractivity contribution in [2.75, 3.05) is 0 Å². The summed E-state index contributed by atoms with van der Waals surface area (Å²) in [5.74, 6) is 0.867. The van der Waals surface area contributed by atoms with Crippen molar-refractivity contribution in [2.24, 2.45) is 5.73 Å². The molecule has 0 saturated heterocycles. The molecule has 17 heavy (non-hydrogen) atoms. The van der Waals surface area contributed by atoms with Gasteiger partial charge in [-0.2, -0.15) is 0 Å². The van der Waals surface area contributed by atoms with E-state index >= 15 is 0 Å². The summed E-state index contributed by atoms with van der Waals surface area (Å²) >= 11 is 0. The molecule has 0 amide bonds. The molecule has 2 heteroatoms. The van der Waals surface area contributed by atoms with Gasteiger partial charge in [0.15, 0.2) is 0 Å². The van der Waals surface area contributed by atoms with Gasteiger partial charge in [-0.1, -0.05) is 48.5 Å². The third-order valence-corrected chi connectivity index (χ3v) is 2.65. The first-order valence-electron chi connectivity index (χ1n) is 5.78. The Kier molecular flexibility index (Phi) is 3.78. The monoisotopic (exact) mass is 227 g/mol. The van der Waals surface area contributed by atoms with E-state index in [1.54, 1.807) is 0 Å². The van der Waals surface area contributed by atoms with Crippen LogP contribution < -0.4 is 10.5 Å². The fourth-order valence-corrected chi connectivity index (χ4v) is 1.72. The molecule has 0 fully saturated rings. The summed E-state index contributed by atoms with van der Waals surface area (Å²) in [4.78, 5) is 0. The van der Waals surface area contributed by atoms with Crippen molar-refractivity contribution in [1.82, 2.24) is 0 Å². The molecule has 0 heterocycles. The maximum Gasteiger partial charge on any atom is 0.124 e. The van der Waals surface area contributed by atoms with Crippen LogP contribution in [0, 0.1) is 0 Å². The van der Waals surface area contributed by atoms with E-state index in [2.05, 4.69) is 12.1 Å². The molecule has 1 atom stereocenters. The van der Waals surface area contributed by atoms with Gasteiger partial charge in [-0.15, -0.1) is 0 Å². The van der Waals surface area contributed by atoms with Crippen LogP contribution in [0.3, 0.4) is 0 Å². The lowest BCUT2D eigenvalue weighted by molar-refractivity contribution is 0.301. The van der Waals surface area contributed by atoms with Crippen LogP contribution in [0.4, 0.5) is 0 Å². The molecule has 0 saturated carbocycles. The van der Waals surface area contributed by atoms with Gasteiger partial charge in [0.2, 0.25) is 0 Å². The highest BCUT2D eigenvalue weighted by atomic mass is 16.5. The van der Waals surface area contributed by atoms with Gasteiger partial charge in [-0.05, 0) is 18.6 Å². The molecule has 2 aromatic rings. The molecule has 0 unspecified atom stereocenters. The van der Waals surface area contributed by atoms with Crippen molar-refractivity contribution in [3.8, 4) is 5.75 Å². The molecular weight excluding hydrogens is 210 g/mol. The van der Waals surface area contributed by atoms with E-state index in [-0.39, 0.29) is 6.04 Å². The highest BCUT2D eigenvalue weighted by Crippen LogP contribution is 2.23. The minimum atomic E-state index is -0.0121. The second kappa shape index (κ2) is 5.51. The molecule has 88 valence electrons. The van der Waals surface area contributed by atoms with E-state index in [1.807, 2.05) is 49.4 Å². The van der Waals surface area contributed by atoms with Gasteiger partial charge in [0.1, 0.15) is 12.4 Å². The van der Waals surface area contributed by atoms with Crippen LogP contribution in [-0.4, -0.2) is 0 Å². The second-order valence-electron chi connectivity index (χ2n) is 4.10. The van der Waals surface area contributed by atoms with Crippen LogP contribution in [0.2, 0.25) is 0 Å². The molecule has 0 aromatic heterocycles. The standard InChI is InChI=1S/C15H17NO/c1-12(16)14-9-5-6-10-15(14)17-11-13-7-3-2-4-8-13/h2-10,12H,11,16H2,1H3/t12-/m1/s1. The first-order valence-corrected chi connectivity index (χ1v) is 5.78. The zero-order valence-electron chi connectivity index (χ0n) is 9.97. The maximum absolute atomic E-state index is 5.90. The lowest BCUT2D eigenvalue weighted by Gasteiger charge is -2.13. The van der Waals surface area contributed by atoms with E-state index in [0.29, 0.717) is 6.61 Å². The zero-order chi connectivity index (χ0) is 12.1. The minimum Gasteiger partial charge on any atom is -0.489 e. The average Bonchev–Trinajstić information content (AvgIpc) is 2.38. The number of benzene rings is 2. The quantitative estimate of drug-likeness (QED) is 0.870. The molecule has 0 bridgehead atoms. The van der Waals surface area contributed by atoms with Gasteiger partial charge >= 0.3 is 0 Å². The minimum absolute atomic E-state index is 0.0121. The Morgan fingerprint density at radius 3 is 2.35 bits per heavy atom. The van der Waals surface area contributed by atoms with Crippen LogP contribution in [0.25, 0.3) is 0 Å². The summed E-state index contributed by atoms with van der Waals surface area (Å²) in [6.45, 7) is 2.54. The number of nitrogens with two attached hydrogens (primary N) is 1. The molecule has 0 radical (unpaired) electrons. The predicted molar refractivity (Wildman–Crippen MR) is 69.8 cm³/mol. The first-order chi connectivity index (χ1) is 8.27. The normalized spacial score (nSPS) is 12.1. The molecule has 2 rings (SSSR count). The highest BCUT2D eigenvalue weighted by Gasteiger charge is 2.06. The van der Waals surface area contributed by atoms with E-state index in [4.69, 9.17) is 10.5 Å². The number of hydrogen-bond donors (Lipinski definition) is 1. The predicted octanol–water partition coefficient (Wildman–Crippen LogP) is 3.29. The van der Waals surface area contributed by atoms with Crippen molar-refractivity contribution < 1.29 is 4.74 Å². The summed E-state index contributed by atoms with van der Waals surface area (Å²) in [7, 11) is 0. The molecule has 2 aromatic carbocycles. The summed E-state index contributed by atoms with van der Waals surface area (Å²) in [5.41, 5.74) is 8.11. The van der Waals surface area contributed by atoms with Crippen LogP contribution in [0.15, 0.2) is 54.6 Å². The van der Waals surface area contributed by atoms with E-state index in [1.165, 1.54) is 0 Å². The van der Waals surface area contributed by atoms with Gasteiger partial charge in [0.25, 0.3) is 0 Å². The number of ether oxygens (including phenoxy) is 1. The summed E-state index contributed by atoms with van der Waals surface area (Å²) in [6, 6.07) is 18.0. The highest BCUT2D eigenvalue weighted by molar-refractivity contribution is 5.35. The topological polar surface area (TPSA) is 35.2 Å². The smallest absolute Gasteiger partial charge is 0.124 e. The van der Waals surface area contributed by atoms with Gasteiger partial charge < -0.3 is 10.5 Å². The van der Waals surface area contributed by atoms with Gasteiger partial charge in [-0.3, -0.25) is 0 Å². The van der Waals surface area contributed by atoms with E-state index in [0.717, 1.165) is 16.9 Å². The third-order valence-electron chi connectivity index (χ3n) is 2.65. The summed E-state index contributed by atoms with van der Waals surface area (Å²) < 4.78 is 5.80. The van der Waals surface area contributed by atoms with Crippen molar-refractivity contribution in [3.63, 3.8) is 0 Å². The Balaban J connectivity index is 2.09. The zero-order valence-corrected chi connectivity index (χ0v) is 9.97. The molecule has 0 aliphatic heterocycles. The summed E-state index contributed by atoms with van der Waals surface area (Å²) in [5, 5.41) is 0. The number of hydrogen-bond acceptors (Lipinski definition) is 2. The lowest BCUT2D eigenvalue weighted by atomic mass is 10.1. The van der Waals surface area contributed by atoms with Crippen LogP contribution in [-0.2, 0) is 6.61 Å². The SMILES string of the molecule is C[C@@H](N)c1ccccc1OCc1ccccc1. The van der Waals surface area contributed by atoms with Crippen LogP contribution >= 0.6 is 0 Å². The van der Waals surface area contributed by atoms with Crippen molar-refractivity contribution in [2.45, 2.75) is 19.6 Å². The summed E-state index contributed by atoms with van der Waals surface area (Å²) in [6.07, 6.45) is 0. The Bertz CT molecular complexity index is 465. The third kappa shape index (κ3) is 3.08. The first kappa shape index (κ1) is 11.7. The van der Waals surface area contributed by atoms with Gasteiger partial charge in [-0.25, -0.2) is 0 Å². The lowest BCUT2D eigenvalue weighted by Crippen LogP contribution is -2.07. The second-order valence-corrected chi connectivity index (χ2v) is 4.10. The maximum atomic E-state index is 5.90. The molecule has 2 nitrogen and oxygen atoms in total. The van der Waals surface area contributed by atoms with Crippen LogP contribution in [0.5, 0.6) is 5.75 Å². The number of para-hydroxylation sites is 1. The van der Waals surface area contributed by atoms with Crippen molar-refractivity contribution >= 4 is 0 Å². The van der Waals surface area contributed by atoms with Gasteiger partial charge in [0.05, 0.1) is 0 Å². The van der Waals surface area contributed by atoms with Crippen LogP contribution in [0.1, 0.15) is 24.1 Å². The number of rotatable bonds is 4. The largest absolute Gasteiger partial charge is 0.489 e. The Morgan fingerprint density at radius 2 is 1.65 bits per heavy atom. The Labute approximate surface area is 102 Å². The van der Waals surface area contributed by atoms with Crippen molar-refractivity contribution in [1.29, 1.82) is 0 Å². The van der Waals surface area contributed by atoms with E-state index in [9.17, 15) is 0 Å². The fourth-order valence-electron chi connectivity index (χ4n) is 1.72. The molecule has 0 aliphatic rings.